The number of rotatable bonds is 4. The molecule has 0 amide bonds. The maximum absolute atomic E-state index is 5.74. The minimum absolute atomic E-state index is 0.339. The zero-order valence-corrected chi connectivity index (χ0v) is 12.9. The summed E-state index contributed by atoms with van der Waals surface area (Å²) in [5.74, 6) is 1.34. The van der Waals surface area contributed by atoms with Crippen LogP contribution in [-0.4, -0.2) is 10.1 Å². The summed E-state index contributed by atoms with van der Waals surface area (Å²) in [5.41, 5.74) is 7.25. The van der Waals surface area contributed by atoms with E-state index >= 15 is 0 Å². The first kappa shape index (κ1) is 13.8. The van der Waals surface area contributed by atoms with Gasteiger partial charge >= 0.3 is 0 Å². The van der Waals surface area contributed by atoms with E-state index in [0.29, 0.717) is 12.3 Å². The van der Waals surface area contributed by atoms with Crippen LogP contribution in [0.2, 0.25) is 0 Å². The predicted molar refractivity (Wildman–Crippen MR) is 84.4 cm³/mol. The van der Waals surface area contributed by atoms with Crippen LogP contribution in [0.4, 0.5) is 5.69 Å². The number of benzene rings is 1. The highest BCUT2D eigenvalue weighted by atomic mass is 32.1. The Labute approximate surface area is 127 Å². The molecular formula is C16H17N3OS. The highest BCUT2D eigenvalue weighted by molar-refractivity contribution is 7.09. The second kappa shape index (κ2) is 5.33. The molecule has 0 aliphatic rings. The molecule has 0 atom stereocenters. The maximum Gasteiger partial charge on any atom is 0.236 e. The van der Waals surface area contributed by atoms with Gasteiger partial charge in [-0.25, -0.2) is 0 Å². The molecule has 2 aromatic heterocycles. The number of hydrogen-bond donors (Lipinski definition) is 1. The van der Waals surface area contributed by atoms with Crippen LogP contribution in [0.1, 0.15) is 36.0 Å². The first-order valence-electron chi connectivity index (χ1n) is 6.77. The molecule has 21 heavy (non-hydrogen) atoms. The molecule has 0 bridgehead atoms. The van der Waals surface area contributed by atoms with Gasteiger partial charge in [0.1, 0.15) is 0 Å². The van der Waals surface area contributed by atoms with E-state index in [-0.39, 0.29) is 5.41 Å². The van der Waals surface area contributed by atoms with Gasteiger partial charge in [0.2, 0.25) is 5.89 Å². The molecule has 0 saturated heterocycles. The standard InChI is InChI=1S/C16H17N3OS/c1-16(2,11-5-7-12(17)8-6-11)15-18-14(19-20-15)10-13-4-3-9-21-13/h3-9H,10,17H2,1-2H3. The van der Waals surface area contributed by atoms with Crippen molar-refractivity contribution in [1.29, 1.82) is 0 Å². The Morgan fingerprint density at radius 2 is 1.95 bits per heavy atom. The zero-order valence-electron chi connectivity index (χ0n) is 12.0. The SMILES string of the molecule is CC(C)(c1ccc(N)cc1)c1nc(Cc2cccs2)no1. The summed E-state index contributed by atoms with van der Waals surface area (Å²) in [4.78, 5) is 5.78. The lowest BCUT2D eigenvalue weighted by atomic mass is 9.84. The third-order valence-electron chi connectivity index (χ3n) is 3.55. The lowest BCUT2D eigenvalue weighted by molar-refractivity contribution is 0.330. The molecule has 5 heteroatoms. The van der Waals surface area contributed by atoms with Gasteiger partial charge in [0.15, 0.2) is 5.82 Å². The van der Waals surface area contributed by atoms with E-state index in [0.717, 1.165) is 17.1 Å². The Morgan fingerprint density at radius 1 is 1.19 bits per heavy atom. The molecule has 1 aromatic carbocycles. The molecule has 4 nitrogen and oxygen atoms in total. The number of nitrogens with zero attached hydrogens (tertiary/aromatic N) is 2. The summed E-state index contributed by atoms with van der Waals surface area (Å²) in [7, 11) is 0. The van der Waals surface area contributed by atoms with Gasteiger partial charge in [-0.15, -0.1) is 11.3 Å². The molecule has 0 fully saturated rings. The minimum atomic E-state index is -0.339. The van der Waals surface area contributed by atoms with Crippen molar-refractivity contribution in [2.75, 3.05) is 5.73 Å². The fourth-order valence-electron chi connectivity index (χ4n) is 2.17. The molecule has 0 saturated carbocycles. The van der Waals surface area contributed by atoms with Gasteiger partial charge in [0, 0.05) is 17.0 Å². The number of thiophene rings is 1. The summed E-state index contributed by atoms with van der Waals surface area (Å²) in [6.45, 7) is 4.14. The number of nitrogens with two attached hydrogens (primary N) is 1. The summed E-state index contributed by atoms with van der Waals surface area (Å²) >= 11 is 1.70. The maximum atomic E-state index is 5.74. The summed E-state index contributed by atoms with van der Waals surface area (Å²) in [6.07, 6.45) is 0.707. The Hall–Kier alpha value is -2.14. The Morgan fingerprint density at radius 3 is 2.62 bits per heavy atom. The first-order chi connectivity index (χ1) is 10.1. The molecule has 2 N–H and O–H groups in total. The second-order valence-electron chi connectivity index (χ2n) is 5.52. The lowest BCUT2D eigenvalue weighted by Gasteiger charge is -2.20. The molecule has 0 aliphatic heterocycles. The van der Waals surface area contributed by atoms with Crippen LogP contribution in [0.3, 0.4) is 0 Å². The number of nitrogen functional groups attached to an aromatic ring is 1. The van der Waals surface area contributed by atoms with Crippen molar-refractivity contribution in [1.82, 2.24) is 10.1 Å². The molecule has 0 radical (unpaired) electrons. The van der Waals surface area contributed by atoms with Crippen LogP contribution in [0, 0.1) is 0 Å². The Balaban J connectivity index is 1.85. The van der Waals surface area contributed by atoms with E-state index in [9.17, 15) is 0 Å². The molecule has 108 valence electrons. The van der Waals surface area contributed by atoms with Crippen LogP contribution >= 0.6 is 11.3 Å². The second-order valence-corrected chi connectivity index (χ2v) is 6.55. The monoisotopic (exact) mass is 299 g/mol. The smallest absolute Gasteiger partial charge is 0.236 e. The Kier molecular flexibility index (Phi) is 3.51. The predicted octanol–water partition coefficient (Wildman–Crippen LogP) is 3.63. The van der Waals surface area contributed by atoms with Crippen molar-refractivity contribution in [3.8, 4) is 0 Å². The lowest BCUT2D eigenvalue weighted by Crippen LogP contribution is -2.19. The minimum Gasteiger partial charge on any atom is -0.399 e. The molecule has 0 unspecified atom stereocenters. The largest absolute Gasteiger partial charge is 0.399 e. The van der Waals surface area contributed by atoms with E-state index < -0.39 is 0 Å². The summed E-state index contributed by atoms with van der Waals surface area (Å²) in [5, 5.41) is 6.15. The van der Waals surface area contributed by atoms with Crippen molar-refractivity contribution in [2.45, 2.75) is 25.7 Å². The number of anilines is 1. The average molecular weight is 299 g/mol. The zero-order chi connectivity index (χ0) is 14.9. The molecule has 0 spiro atoms. The fraction of sp³-hybridized carbons (Fsp3) is 0.250. The van der Waals surface area contributed by atoms with Crippen LogP contribution < -0.4 is 5.73 Å². The number of aromatic nitrogens is 2. The fourth-order valence-corrected chi connectivity index (χ4v) is 2.87. The third kappa shape index (κ3) is 2.83. The van der Waals surface area contributed by atoms with Crippen molar-refractivity contribution < 1.29 is 4.52 Å². The van der Waals surface area contributed by atoms with Crippen molar-refractivity contribution >= 4 is 17.0 Å². The van der Waals surface area contributed by atoms with Crippen LogP contribution in [0.15, 0.2) is 46.3 Å². The van der Waals surface area contributed by atoms with E-state index in [4.69, 9.17) is 10.3 Å². The van der Waals surface area contributed by atoms with Crippen LogP contribution in [-0.2, 0) is 11.8 Å². The molecule has 3 aromatic rings. The van der Waals surface area contributed by atoms with Crippen LogP contribution in [0.25, 0.3) is 0 Å². The molecular weight excluding hydrogens is 282 g/mol. The van der Waals surface area contributed by atoms with Gasteiger partial charge in [-0.3, -0.25) is 0 Å². The van der Waals surface area contributed by atoms with Crippen LogP contribution in [0.5, 0.6) is 0 Å². The van der Waals surface area contributed by atoms with E-state index in [1.165, 1.54) is 4.88 Å². The van der Waals surface area contributed by atoms with E-state index in [1.54, 1.807) is 11.3 Å². The van der Waals surface area contributed by atoms with Crippen molar-refractivity contribution in [2.24, 2.45) is 0 Å². The molecule has 0 aliphatic carbocycles. The third-order valence-corrected chi connectivity index (χ3v) is 4.42. The average Bonchev–Trinajstić information content (AvgIpc) is 3.11. The first-order valence-corrected chi connectivity index (χ1v) is 7.65. The highest BCUT2D eigenvalue weighted by Gasteiger charge is 2.29. The van der Waals surface area contributed by atoms with Gasteiger partial charge in [-0.2, -0.15) is 4.98 Å². The van der Waals surface area contributed by atoms with Gasteiger partial charge in [-0.1, -0.05) is 23.4 Å². The quantitative estimate of drug-likeness (QED) is 0.747. The summed E-state index contributed by atoms with van der Waals surface area (Å²) < 4.78 is 5.48. The van der Waals surface area contributed by atoms with Crippen molar-refractivity contribution in [3.63, 3.8) is 0 Å². The summed E-state index contributed by atoms with van der Waals surface area (Å²) in [6, 6.07) is 11.9. The van der Waals surface area contributed by atoms with E-state index in [1.807, 2.05) is 30.3 Å². The highest BCUT2D eigenvalue weighted by Crippen LogP contribution is 2.30. The molecule has 2 heterocycles. The van der Waals surface area contributed by atoms with Gasteiger partial charge in [0.05, 0.1) is 5.41 Å². The van der Waals surface area contributed by atoms with Crippen molar-refractivity contribution in [3.05, 3.63) is 63.9 Å². The topological polar surface area (TPSA) is 64.9 Å². The van der Waals surface area contributed by atoms with Gasteiger partial charge in [-0.05, 0) is 43.0 Å². The number of hydrogen-bond acceptors (Lipinski definition) is 5. The van der Waals surface area contributed by atoms with E-state index in [2.05, 4.69) is 35.4 Å². The van der Waals surface area contributed by atoms with Gasteiger partial charge in [0.25, 0.3) is 0 Å². The molecule has 3 rings (SSSR count). The normalized spacial score (nSPS) is 11.7. The Bertz CT molecular complexity index is 714. The van der Waals surface area contributed by atoms with Gasteiger partial charge < -0.3 is 10.3 Å².